The number of fused-ring (bicyclic) bond motifs is 1. The average molecular weight is 404 g/mol. The van der Waals surface area contributed by atoms with Gasteiger partial charge in [-0.3, -0.25) is 14.9 Å². The summed E-state index contributed by atoms with van der Waals surface area (Å²) >= 11 is 0. The average Bonchev–Trinajstić information content (AvgIpc) is 2.77. The molecule has 1 saturated heterocycles. The number of anilines is 2. The number of nitrogens with two attached hydrogens (primary N) is 1. The number of aromatic nitrogens is 2. The Morgan fingerprint density at radius 1 is 1.20 bits per heavy atom. The predicted molar refractivity (Wildman–Crippen MR) is 124 cm³/mol. The van der Waals surface area contributed by atoms with Crippen LogP contribution in [0.1, 0.15) is 23.9 Å². The van der Waals surface area contributed by atoms with Gasteiger partial charge in [0.25, 0.3) is 0 Å². The molecule has 0 bridgehead atoms. The monoisotopic (exact) mass is 403 g/mol. The smallest absolute Gasteiger partial charge is 0.0915 e. The number of rotatable bonds is 5. The SMILES string of the molecule is C=C1Nc2cc(CN3CCN(c4ccc(C(=C)NC)nc4)CC3)cnc2C(C)=C1N. The second-order valence-electron chi connectivity index (χ2n) is 7.78. The van der Waals surface area contributed by atoms with Gasteiger partial charge in [-0.05, 0) is 30.7 Å². The molecule has 7 nitrogen and oxygen atoms in total. The van der Waals surface area contributed by atoms with Crippen LogP contribution in [0.3, 0.4) is 0 Å². The van der Waals surface area contributed by atoms with E-state index in [1.54, 1.807) is 0 Å². The van der Waals surface area contributed by atoms with Crippen LogP contribution in [0.15, 0.2) is 55.1 Å². The maximum Gasteiger partial charge on any atom is 0.0915 e. The van der Waals surface area contributed by atoms with Crippen LogP contribution in [-0.4, -0.2) is 48.1 Å². The maximum absolute atomic E-state index is 6.07. The first kappa shape index (κ1) is 20.0. The van der Waals surface area contributed by atoms with Crippen LogP contribution in [0, 0.1) is 0 Å². The molecule has 0 aliphatic carbocycles. The van der Waals surface area contributed by atoms with Crippen molar-refractivity contribution >= 4 is 22.6 Å². The van der Waals surface area contributed by atoms with E-state index >= 15 is 0 Å². The van der Waals surface area contributed by atoms with Crippen molar-refractivity contribution in [2.24, 2.45) is 5.73 Å². The number of piperazine rings is 1. The first-order valence-corrected chi connectivity index (χ1v) is 10.2. The van der Waals surface area contributed by atoms with Gasteiger partial charge in [0.1, 0.15) is 0 Å². The molecule has 1 fully saturated rings. The summed E-state index contributed by atoms with van der Waals surface area (Å²) in [6.07, 6.45) is 3.88. The third-order valence-corrected chi connectivity index (χ3v) is 5.82. The topological polar surface area (TPSA) is 82.3 Å². The molecule has 0 spiro atoms. The first-order chi connectivity index (χ1) is 14.5. The summed E-state index contributed by atoms with van der Waals surface area (Å²) in [7, 11) is 1.86. The Balaban J connectivity index is 1.37. The summed E-state index contributed by atoms with van der Waals surface area (Å²) in [5.74, 6) is 0. The highest BCUT2D eigenvalue weighted by molar-refractivity contribution is 5.82. The molecule has 0 unspecified atom stereocenters. The van der Waals surface area contributed by atoms with E-state index in [-0.39, 0.29) is 0 Å². The molecule has 2 aliphatic rings. The molecule has 2 aromatic heterocycles. The molecule has 0 aromatic carbocycles. The second kappa shape index (κ2) is 8.20. The molecule has 30 heavy (non-hydrogen) atoms. The van der Waals surface area contributed by atoms with Gasteiger partial charge in [0.05, 0.1) is 46.1 Å². The Labute approximate surface area is 178 Å². The number of hydrogen-bond donors (Lipinski definition) is 3. The molecule has 0 saturated carbocycles. The highest BCUT2D eigenvalue weighted by atomic mass is 15.3. The fourth-order valence-electron chi connectivity index (χ4n) is 3.87. The molecule has 0 amide bonds. The summed E-state index contributed by atoms with van der Waals surface area (Å²) in [5, 5.41) is 6.31. The van der Waals surface area contributed by atoms with Crippen LogP contribution >= 0.6 is 0 Å². The lowest BCUT2D eigenvalue weighted by atomic mass is 10.0. The normalized spacial score (nSPS) is 16.9. The Morgan fingerprint density at radius 3 is 2.63 bits per heavy atom. The molecule has 4 heterocycles. The van der Waals surface area contributed by atoms with Gasteiger partial charge in [-0.15, -0.1) is 0 Å². The Kier molecular flexibility index (Phi) is 5.46. The minimum absolute atomic E-state index is 0.677. The van der Waals surface area contributed by atoms with Crippen molar-refractivity contribution in [3.05, 3.63) is 72.1 Å². The highest BCUT2D eigenvalue weighted by Gasteiger charge is 2.21. The van der Waals surface area contributed by atoms with Crippen LogP contribution in [0.2, 0.25) is 0 Å². The standard InChI is InChI=1S/C23H29N7/c1-15-22(24)17(3)28-21-11-18(12-27-23(15)21)14-29-7-9-30(10-8-29)19-5-6-20(26-13-19)16(2)25-4/h5-6,11-13,25,28H,2-3,7-10,14,24H2,1,4H3. The Bertz CT molecular complexity index is 999. The van der Waals surface area contributed by atoms with E-state index in [0.29, 0.717) is 5.70 Å². The summed E-state index contributed by atoms with van der Waals surface area (Å²) < 4.78 is 0. The summed E-state index contributed by atoms with van der Waals surface area (Å²) in [6.45, 7) is 14.7. The zero-order valence-corrected chi connectivity index (χ0v) is 17.7. The van der Waals surface area contributed by atoms with Gasteiger partial charge in [0, 0.05) is 51.5 Å². The molecular formula is C23H29N7. The van der Waals surface area contributed by atoms with Crippen molar-refractivity contribution in [1.82, 2.24) is 20.2 Å². The molecule has 2 aromatic rings. The summed E-state index contributed by atoms with van der Waals surface area (Å²) in [4.78, 5) is 14.0. The van der Waals surface area contributed by atoms with Crippen molar-refractivity contribution in [1.29, 1.82) is 0 Å². The number of allylic oxidation sites excluding steroid dienone is 1. The van der Waals surface area contributed by atoms with Gasteiger partial charge in [-0.2, -0.15) is 0 Å². The van der Waals surface area contributed by atoms with Crippen molar-refractivity contribution in [2.75, 3.05) is 43.4 Å². The van der Waals surface area contributed by atoms with Crippen molar-refractivity contribution in [2.45, 2.75) is 13.5 Å². The first-order valence-electron chi connectivity index (χ1n) is 10.2. The molecule has 7 heteroatoms. The van der Waals surface area contributed by atoms with Gasteiger partial charge in [0.2, 0.25) is 0 Å². The third kappa shape index (κ3) is 3.89. The molecule has 2 aliphatic heterocycles. The van der Waals surface area contributed by atoms with Gasteiger partial charge in [-0.25, -0.2) is 0 Å². The van der Waals surface area contributed by atoms with Gasteiger partial charge in [0.15, 0.2) is 0 Å². The van der Waals surface area contributed by atoms with Crippen molar-refractivity contribution in [3.63, 3.8) is 0 Å². The van der Waals surface area contributed by atoms with Crippen molar-refractivity contribution in [3.8, 4) is 0 Å². The molecule has 156 valence electrons. The quantitative estimate of drug-likeness (QED) is 0.708. The second-order valence-corrected chi connectivity index (χ2v) is 7.78. The maximum atomic E-state index is 6.07. The van der Waals surface area contributed by atoms with E-state index in [2.05, 4.69) is 55.7 Å². The van der Waals surface area contributed by atoms with Crippen LogP contribution in [0.4, 0.5) is 11.4 Å². The van der Waals surface area contributed by atoms with E-state index < -0.39 is 0 Å². The molecular weight excluding hydrogens is 374 g/mol. The number of nitrogens with zero attached hydrogens (tertiary/aromatic N) is 4. The van der Waals surface area contributed by atoms with E-state index in [9.17, 15) is 0 Å². The Hall–Kier alpha value is -3.32. The van der Waals surface area contributed by atoms with Crippen LogP contribution in [0.5, 0.6) is 0 Å². The van der Waals surface area contributed by atoms with Crippen LogP contribution in [-0.2, 0) is 6.54 Å². The summed E-state index contributed by atoms with van der Waals surface area (Å²) in [6, 6.07) is 6.30. The van der Waals surface area contributed by atoms with E-state index in [0.717, 1.165) is 72.5 Å². The highest BCUT2D eigenvalue weighted by Crippen LogP contribution is 2.31. The van der Waals surface area contributed by atoms with E-state index in [1.165, 1.54) is 5.56 Å². The van der Waals surface area contributed by atoms with Crippen LogP contribution < -0.4 is 21.3 Å². The summed E-state index contributed by atoms with van der Waals surface area (Å²) in [5.41, 5.74) is 14.4. The Morgan fingerprint density at radius 2 is 1.97 bits per heavy atom. The molecule has 4 N–H and O–H groups in total. The number of hydrogen-bond acceptors (Lipinski definition) is 7. The zero-order valence-electron chi connectivity index (χ0n) is 17.7. The van der Waals surface area contributed by atoms with Crippen LogP contribution in [0.25, 0.3) is 11.3 Å². The third-order valence-electron chi connectivity index (χ3n) is 5.82. The predicted octanol–water partition coefficient (Wildman–Crippen LogP) is 2.62. The van der Waals surface area contributed by atoms with Crippen molar-refractivity contribution < 1.29 is 0 Å². The van der Waals surface area contributed by atoms with E-state index in [4.69, 9.17) is 5.73 Å². The lowest BCUT2D eigenvalue weighted by Gasteiger charge is -2.36. The number of pyridine rings is 2. The fourth-order valence-corrected chi connectivity index (χ4v) is 3.87. The molecule has 0 radical (unpaired) electrons. The van der Waals surface area contributed by atoms with Gasteiger partial charge >= 0.3 is 0 Å². The fraction of sp³-hybridized carbons (Fsp3) is 0.304. The lowest BCUT2D eigenvalue weighted by Crippen LogP contribution is -2.46. The molecule has 4 rings (SSSR count). The minimum Gasteiger partial charge on any atom is -0.397 e. The largest absolute Gasteiger partial charge is 0.397 e. The minimum atomic E-state index is 0.677. The molecule has 0 atom stereocenters. The lowest BCUT2D eigenvalue weighted by molar-refractivity contribution is 0.249. The van der Waals surface area contributed by atoms with Gasteiger partial charge in [-0.1, -0.05) is 13.2 Å². The zero-order chi connectivity index (χ0) is 21.3. The van der Waals surface area contributed by atoms with E-state index in [1.807, 2.05) is 32.4 Å². The van der Waals surface area contributed by atoms with Gasteiger partial charge < -0.3 is 21.3 Å². The number of nitrogens with one attached hydrogen (secondary N) is 2.